The molecule has 0 aromatic heterocycles. The van der Waals surface area contributed by atoms with Gasteiger partial charge in [-0.2, -0.15) is 0 Å². The van der Waals surface area contributed by atoms with Crippen molar-refractivity contribution in [2.45, 2.75) is 90.4 Å². The number of esters is 1. The monoisotopic (exact) mass is 299 g/mol. The standard InChI is InChI=1S/C17H33NO3/c1-6-12-18-17(15(19)20-8-3)11-9-10-14(13-17)21-16(4,5)7-2/h14,18H,6-13H2,1-5H3. The first-order valence-corrected chi connectivity index (χ1v) is 8.49. The Hall–Kier alpha value is -0.610. The van der Waals surface area contributed by atoms with Crippen LogP contribution in [0.5, 0.6) is 0 Å². The van der Waals surface area contributed by atoms with Crippen LogP contribution in [0, 0.1) is 0 Å². The van der Waals surface area contributed by atoms with Gasteiger partial charge in [0.2, 0.25) is 0 Å². The first-order chi connectivity index (χ1) is 9.89. The molecule has 1 aliphatic rings. The van der Waals surface area contributed by atoms with Crippen molar-refractivity contribution in [1.29, 1.82) is 0 Å². The van der Waals surface area contributed by atoms with E-state index < -0.39 is 5.54 Å². The van der Waals surface area contributed by atoms with E-state index in [-0.39, 0.29) is 17.7 Å². The number of rotatable bonds is 8. The molecule has 4 heteroatoms. The van der Waals surface area contributed by atoms with E-state index in [4.69, 9.17) is 9.47 Å². The number of nitrogens with one attached hydrogen (secondary N) is 1. The summed E-state index contributed by atoms with van der Waals surface area (Å²) in [6, 6.07) is 0. The van der Waals surface area contributed by atoms with Gasteiger partial charge in [-0.15, -0.1) is 0 Å². The van der Waals surface area contributed by atoms with Gasteiger partial charge in [0, 0.05) is 6.42 Å². The van der Waals surface area contributed by atoms with Gasteiger partial charge in [0.25, 0.3) is 0 Å². The van der Waals surface area contributed by atoms with Crippen molar-refractivity contribution in [3.63, 3.8) is 0 Å². The highest BCUT2D eigenvalue weighted by Gasteiger charge is 2.44. The second kappa shape index (κ2) is 8.14. The largest absolute Gasteiger partial charge is 0.465 e. The number of hydrogen-bond donors (Lipinski definition) is 1. The van der Waals surface area contributed by atoms with Gasteiger partial charge in [-0.1, -0.05) is 13.8 Å². The van der Waals surface area contributed by atoms with Crippen molar-refractivity contribution < 1.29 is 14.3 Å². The molecular formula is C17H33NO3. The predicted molar refractivity (Wildman–Crippen MR) is 85.4 cm³/mol. The smallest absolute Gasteiger partial charge is 0.326 e. The molecular weight excluding hydrogens is 266 g/mol. The molecule has 1 fully saturated rings. The second-order valence-electron chi connectivity index (χ2n) is 6.68. The molecule has 0 aromatic rings. The molecule has 2 unspecified atom stereocenters. The fourth-order valence-electron chi connectivity index (χ4n) is 2.91. The van der Waals surface area contributed by atoms with Crippen molar-refractivity contribution in [3.8, 4) is 0 Å². The summed E-state index contributed by atoms with van der Waals surface area (Å²) in [5, 5.41) is 3.45. The molecule has 0 aromatic carbocycles. The summed E-state index contributed by atoms with van der Waals surface area (Å²) < 4.78 is 11.6. The number of ether oxygens (including phenoxy) is 2. The molecule has 0 spiro atoms. The second-order valence-corrected chi connectivity index (χ2v) is 6.68. The molecule has 1 aliphatic carbocycles. The fourth-order valence-corrected chi connectivity index (χ4v) is 2.91. The summed E-state index contributed by atoms with van der Waals surface area (Å²) >= 11 is 0. The molecule has 0 aliphatic heterocycles. The lowest BCUT2D eigenvalue weighted by Crippen LogP contribution is -2.57. The first kappa shape index (κ1) is 18.4. The van der Waals surface area contributed by atoms with Crippen LogP contribution >= 0.6 is 0 Å². The summed E-state index contributed by atoms with van der Waals surface area (Å²) in [6.45, 7) is 11.6. The maximum Gasteiger partial charge on any atom is 0.326 e. The third kappa shape index (κ3) is 5.26. The van der Waals surface area contributed by atoms with E-state index in [0.717, 1.165) is 45.1 Å². The minimum atomic E-state index is -0.557. The quantitative estimate of drug-likeness (QED) is 0.698. The molecule has 4 nitrogen and oxygen atoms in total. The van der Waals surface area contributed by atoms with E-state index in [1.807, 2.05) is 6.92 Å². The molecule has 0 bridgehead atoms. The van der Waals surface area contributed by atoms with E-state index >= 15 is 0 Å². The molecule has 1 N–H and O–H groups in total. The van der Waals surface area contributed by atoms with Crippen molar-refractivity contribution in [3.05, 3.63) is 0 Å². The van der Waals surface area contributed by atoms with Crippen LogP contribution in [0.25, 0.3) is 0 Å². The fraction of sp³-hybridized carbons (Fsp3) is 0.941. The van der Waals surface area contributed by atoms with E-state index in [9.17, 15) is 4.79 Å². The minimum absolute atomic E-state index is 0.110. The highest BCUT2D eigenvalue weighted by Crippen LogP contribution is 2.34. The van der Waals surface area contributed by atoms with E-state index in [1.54, 1.807) is 0 Å². The van der Waals surface area contributed by atoms with E-state index in [0.29, 0.717) is 6.61 Å². The summed E-state index contributed by atoms with van der Waals surface area (Å²) in [4.78, 5) is 12.5. The van der Waals surface area contributed by atoms with Crippen molar-refractivity contribution >= 4 is 5.97 Å². The van der Waals surface area contributed by atoms with Gasteiger partial charge in [0.1, 0.15) is 5.54 Å². The van der Waals surface area contributed by atoms with Crippen LogP contribution in [0.1, 0.15) is 73.1 Å². The Labute approximate surface area is 130 Å². The van der Waals surface area contributed by atoms with Crippen LogP contribution in [0.15, 0.2) is 0 Å². The molecule has 0 radical (unpaired) electrons. The van der Waals surface area contributed by atoms with Crippen LogP contribution < -0.4 is 5.32 Å². The Morgan fingerprint density at radius 2 is 2.05 bits per heavy atom. The van der Waals surface area contributed by atoms with Gasteiger partial charge in [0.05, 0.1) is 18.3 Å². The van der Waals surface area contributed by atoms with Gasteiger partial charge in [0.15, 0.2) is 0 Å². The molecule has 0 amide bonds. The topological polar surface area (TPSA) is 47.6 Å². The molecule has 0 saturated heterocycles. The Morgan fingerprint density at radius 1 is 1.33 bits per heavy atom. The lowest BCUT2D eigenvalue weighted by atomic mass is 9.79. The van der Waals surface area contributed by atoms with Gasteiger partial charge in [-0.05, 0) is 59.4 Å². The molecule has 1 saturated carbocycles. The van der Waals surface area contributed by atoms with Gasteiger partial charge in [-0.3, -0.25) is 4.79 Å². The van der Waals surface area contributed by atoms with Crippen LogP contribution in [0.4, 0.5) is 0 Å². The van der Waals surface area contributed by atoms with Crippen LogP contribution in [0.3, 0.4) is 0 Å². The average molecular weight is 299 g/mol. The zero-order valence-corrected chi connectivity index (χ0v) is 14.5. The highest BCUT2D eigenvalue weighted by molar-refractivity contribution is 5.81. The van der Waals surface area contributed by atoms with Crippen molar-refractivity contribution in [2.75, 3.05) is 13.2 Å². The summed E-state index contributed by atoms with van der Waals surface area (Å²) in [5.41, 5.74) is -0.689. The molecule has 1 rings (SSSR count). The third-order valence-corrected chi connectivity index (χ3v) is 4.42. The SMILES string of the molecule is CCCNC1(C(=O)OCC)CCCC(OC(C)(C)CC)C1. The molecule has 2 atom stereocenters. The summed E-state index contributed by atoms with van der Waals surface area (Å²) in [5.74, 6) is -0.110. The zero-order valence-electron chi connectivity index (χ0n) is 14.5. The van der Waals surface area contributed by atoms with Gasteiger partial charge < -0.3 is 14.8 Å². The van der Waals surface area contributed by atoms with Gasteiger partial charge in [-0.25, -0.2) is 0 Å². The van der Waals surface area contributed by atoms with Gasteiger partial charge >= 0.3 is 5.97 Å². The summed E-state index contributed by atoms with van der Waals surface area (Å²) in [6.07, 6.45) is 5.69. The third-order valence-electron chi connectivity index (χ3n) is 4.42. The average Bonchev–Trinajstić information content (AvgIpc) is 2.45. The van der Waals surface area contributed by atoms with Crippen molar-refractivity contribution in [1.82, 2.24) is 5.32 Å². The maximum absolute atomic E-state index is 12.5. The highest BCUT2D eigenvalue weighted by atomic mass is 16.5. The van der Waals surface area contributed by atoms with Crippen LogP contribution in [-0.4, -0.2) is 36.4 Å². The van der Waals surface area contributed by atoms with E-state index in [1.165, 1.54) is 0 Å². The normalized spacial score (nSPS) is 26.6. The van der Waals surface area contributed by atoms with Crippen LogP contribution in [-0.2, 0) is 14.3 Å². The number of carbonyl (C=O) groups is 1. The lowest BCUT2D eigenvalue weighted by Gasteiger charge is -2.42. The molecule has 21 heavy (non-hydrogen) atoms. The molecule has 124 valence electrons. The predicted octanol–water partition coefficient (Wildman–Crippen LogP) is 3.44. The van der Waals surface area contributed by atoms with Crippen molar-refractivity contribution in [2.24, 2.45) is 0 Å². The Kier molecular flexibility index (Phi) is 7.14. The number of hydrogen-bond acceptors (Lipinski definition) is 4. The first-order valence-electron chi connectivity index (χ1n) is 8.49. The maximum atomic E-state index is 12.5. The minimum Gasteiger partial charge on any atom is -0.465 e. The Bertz CT molecular complexity index is 330. The zero-order chi connectivity index (χ0) is 15.9. The number of carbonyl (C=O) groups excluding carboxylic acids is 1. The molecule has 0 heterocycles. The lowest BCUT2D eigenvalue weighted by molar-refractivity contribution is -0.159. The Balaban J connectivity index is 2.79. The Morgan fingerprint density at radius 3 is 2.62 bits per heavy atom. The van der Waals surface area contributed by atoms with E-state index in [2.05, 4.69) is 33.0 Å². The van der Waals surface area contributed by atoms with Crippen LogP contribution in [0.2, 0.25) is 0 Å². The summed E-state index contributed by atoms with van der Waals surface area (Å²) in [7, 11) is 0.